The number of aryl methyl sites for hydroxylation is 1. The van der Waals surface area contributed by atoms with Crippen molar-refractivity contribution in [2.45, 2.75) is 32.3 Å². The van der Waals surface area contributed by atoms with Crippen molar-refractivity contribution in [1.82, 2.24) is 20.6 Å². The maximum Gasteiger partial charge on any atom is 0.191 e. The zero-order valence-electron chi connectivity index (χ0n) is 16.2. The second-order valence-corrected chi connectivity index (χ2v) is 7.00. The minimum Gasteiger partial charge on any atom is -0.488 e. The van der Waals surface area contributed by atoms with Crippen LogP contribution in [0.4, 0.5) is 0 Å². The third kappa shape index (κ3) is 4.44. The van der Waals surface area contributed by atoms with E-state index >= 15 is 0 Å². The van der Waals surface area contributed by atoms with Gasteiger partial charge in [-0.25, -0.2) is 9.98 Å². The predicted molar refractivity (Wildman–Crippen MR) is 113 cm³/mol. The molecule has 0 aliphatic carbocycles. The summed E-state index contributed by atoms with van der Waals surface area (Å²) in [7, 11) is 0. The molecule has 0 bridgehead atoms. The smallest absolute Gasteiger partial charge is 0.191 e. The Hall–Kier alpha value is -3.02. The second-order valence-electron chi connectivity index (χ2n) is 7.00. The van der Waals surface area contributed by atoms with Crippen molar-refractivity contribution in [2.24, 2.45) is 4.99 Å². The molecule has 1 unspecified atom stereocenters. The zero-order chi connectivity index (χ0) is 19.2. The van der Waals surface area contributed by atoms with Crippen LogP contribution in [-0.2, 0) is 12.8 Å². The van der Waals surface area contributed by atoms with Gasteiger partial charge in [-0.1, -0.05) is 30.3 Å². The van der Waals surface area contributed by atoms with Crippen molar-refractivity contribution in [3.8, 4) is 5.75 Å². The summed E-state index contributed by atoms with van der Waals surface area (Å²) in [6.45, 7) is 4.40. The Morgan fingerprint density at radius 1 is 1.18 bits per heavy atom. The molecule has 0 fully saturated rings. The van der Waals surface area contributed by atoms with Gasteiger partial charge in [-0.15, -0.1) is 0 Å². The van der Waals surface area contributed by atoms with Gasteiger partial charge in [-0.3, -0.25) is 0 Å². The Morgan fingerprint density at radius 3 is 2.89 bits per heavy atom. The maximum absolute atomic E-state index is 5.97. The summed E-state index contributed by atoms with van der Waals surface area (Å²) in [5.74, 6) is 2.86. The standard InChI is InChI=1S/C22H27N5O/c1-2-23-22(25-15-17-14-16-8-3-6-11-20(16)28-17)24-13-7-12-21-26-18-9-4-5-10-19(18)27-21/h3-6,8-11,17H,2,7,12-15H2,1H3,(H,26,27)(H2,23,24,25). The maximum atomic E-state index is 5.97. The summed E-state index contributed by atoms with van der Waals surface area (Å²) in [5.41, 5.74) is 3.39. The molecule has 0 saturated carbocycles. The van der Waals surface area contributed by atoms with Gasteiger partial charge in [0.2, 0.25) is 0 Å². The molecule has 28 heavy (non-hydrogen) atoms. The number of aromatic amines is 1. The summed E-state index contributed by atoms with van der Waals surface area (Å²) in [4.78, 5) is 12.7. The number of aliphatic imine (C=N–C) groups is 1. The normalized spacial score (nSPS) is 16.0. The van der Waals surface area contributed by atoms with Crippen LogP contribution in [0.15, 0.2) is 53.5 Å². The highest BCUT2D eigenvalue weighted by atomic mass is 16.5. The number of para-hydroxylation sites is 3. The van der Waals surface area contributed by atoms with Crippen LogP contribution in [0, 0.1) is 0 Å². The monoisotopic (exact) mass is 377 g/mol. The van der Waals surface area contributed by atoms with E-state index in [1.54, 1.807) is 0 Å². The van der Waals surface area contributed by atoms with Crippen molar-refractivity contribution < 1.29 is 4.74 Å². The zero-order valence-corrected chi connectivity index (χ0v) is 16.2. The first-order chi connectivity index (χ1) is 13.8. The molecular weight excluding hydrogens is 350 g/mol. The summed E-state index contributed by atoms with van der Waals surface area (Å²) in [5, 5.41) is 6.72. The fourth-order valence-electron chi connectivity index (χ4n) is 3.48. The molecule has 3 N–H and O–H groups in total. The lowest BCUT2D eigenvalue weighted by Crippen LogP contribution is -2.38. The fraction of sp³-hybridized carbons (Fsp3) is 0.364. The van der Waals surface area contributed by atoms with Crippen LogP contribution in [0.1, 0.15) is 24.7 Å². The number of nitrogens with one attached hydrogen (secondary N) is 3. The number of rotatable bonds is 7. The van der Waals surface area contributed by atoms with E-state index in [2.05, 4.69) is 45.7 Å². The van der Waals surface area contributed by atoms with E-state index in [0.717, 1.165) is 60.9 Å². The first-order valence-electron chi connectivity index (χ1n) is 10.0. The lowest BCUT2D eigenvalue weighted by atomic mass is 10.1. The first kappa shape index (κ1) is 18.3. The summed E-state index contributed by atoms with van der Waals surface area (Å²) >= 11 is 0. The van der Waals surface area contributed by atoms with Gasteiger partial charge < -0.3 is 20.4 Å². The van der Waals surface area contributed by atoms with Gasteiger partial charge in [0.15, 0.2) is 5.96 Å². The predicted octanol–water partition coefficient (Wildman–Crippen LogP) is 3.05. The van der Waals surface area contributed by atoms with Gasteiger partial charge in [0.25, 0.3) is 0 Å². The molecule has 0 saturated heterocycles. The number of hydrogen-bond acceptors (Lipinski definition) is 3. The third-order valence-corrected chi connectivity index (χ3v) is 4.83. The van der Waals surface area contributed by atoms with Crippen LogP contribution in [0.25, 0.3) is 11.0 Å². The Kier molecular flexibility index (Phi) is 5.75. The van der Waals surface area contributed by atoms with Gasteiger partial charge in [-0.05, 0) is 37.1 Å². The van der Waals surface area contributed by atoms with E-state index in [9.17, 15) is 0 Å². The summed E-state index contributed by atoms with van der Waals surface area (Å²) in [6, 6.07) is 16.4. The number of benzene rings is 2. The van der Waals surface area contributed by atoms with Crippen molar-refractivity contribution in [3.63, 3.8) is 0 Å². The number of H-pyrrole nitrogens is 1. The second kappa shape index (κ2) is 8.78. The Balaban J connectivity index is 1.25. The minimum absolute atomic E-state index is 0.114. The van der Waals surface area contributed by atoms with Crippen LogP contribution in [0.5, 0.6) is 5.75 Å². The van der Waals surface area contributed by atoms with E-state index in [1.165, 1.54) is 5.56 Å². The van der Waals surface area contributed by atoms with E-state index < -0.39 is 0 Å². The Labute approximate surface area is 165 Å². The van der Waals surface area contributed by atoms with E-state index in [4.69, 9.17) is 9.73 Å². The summed E-state index contributed by atoms with van der Waals surface area (Å²) in [6.07, 6.45) is 2.92. The molecule has 2 heterocycles. The van der Waals surface area contributed by atoms with Crippen molar-refractivity contribution in [3.05, 3.63) is 59.9 Å². The number of nitrogens with zero attached hydrogens (tertiary/aromatic N) is 2. The molecule has 3 aromatic rings. The van der Waals surface area contributed by atoms with Crippen LogP contribution < -0.4 is 15.4 Å². The fourth-order valence-corrected chi connectivity index (χ4v) is 3.48. The number of aromatic nitrogens is 2. The van der Waals surface area contributed by atoms with E-state index in [1.807, 2.05) is 30.3 Å². The lowest BCUT2D eigenvalue weighted by Gasteiger charge is -2.13. The van der Waals surface area contributed by atoms with Crippen LogP contribution in [0.3, 0.4) is 0 Å². The summed E-state index contributed by atoms with van der Waals surface area (Å²) < 4.78 is 5.97. The minimum atomic E-state index is 0.114. The molecule has 6 heteroatoms. The van der Waals surface area contributed by atoms with Crippen molar-refractivity contribution in [1.29, 1.82) is 0 Å². The highest BCUT2D eigenvalue weighted by Crippen LogP contribution is 2.28. The molecule has 1 aliphatic heterocycles. The van der Waals surface area contributed by atoms with Crippen LogP contribution >= 0.6 is 0 Å². The Bertz CT molecular complexity index is 891. The number of imidazole rings is 1. The van der Waals surface area contributed by atoms with Gasteiger partial charge in [0, 0.05) is 25.9 Å². The molecule has 1 aliphatic rings. The third-order valence-electron chi connectivity index (χ3n) is 4.83. The first-order valence-corrected chi connectivity index (χ1v) is 10.0. The van der Waals surface area contributed by atoms with Gasteiger partial charge in [0.1, 0.15) is 17.7 Å². The van der Waals surface area contributed by atoms with Crippen LogP contribution in [-0.4, -0.2) is 41.7 Å². The molecule has 0 radical (unpaired) electrons. The Morgan fingerprint density at radius 2 is 2.04 bits per heavy atom. The average molecular weight is 377 g/mol. The largest absolute Gasteiger partial charge is 0.488 e. The van der Waals surface area contributed by atoms with Gasteiger partial charge in [-0.2, -0.15) is 0 Å². The van der Waals surface area contributed by atoms with Crippen molar-refractivity contribution >= 4 is 17.0 Å². The molecule has 1 atom stereocenters. The molecule has 1 aromatic heterocycles. The van der Waals surface area contributed by atoms with E-state index in [-0.39, 0.29) is 6.10 Å². The SMILES string of the molecule is CCNC(=NCC1Cc2ccccc2O1)NCCCc1nc2ccccc2[nH]1. The quantitative estimate of drug-likeness (QED) is 0.336. The molecular formula is C22H27N5O. The van der Waals surface area contributed by atoms with Crippen LogP contribution in [0.2, 0.25) is 0 Å². The van der Waals surface area contributed by atoms with Crippen molar-refractivity contribution in [2.75, 3.05) is 19.6 Å². The number of fused-ring (bicyclic) bond motifs is 2. The van der Waals surface area contributed by atoms with Gasteiger partial charge >= 0.3 is 0 Å². The van der Waals surface area contributed by atoms with E-state index in [0.29, 0.717) is 6.54 Å². The number of ether oxygens (including phenoxy) is 1. The number of hydrogen-bond donors (Lipinski definition) is 3. The molecule has 0 spiro atoms. The molecule has 0 amide bonds. The average Bonchev–Trinajstić information content (AvgIpc) is 3.32. The molecule has 6 nitrogen and oxygen atoms in total. The number of guanidine groups is 1. The molecule has 4 rings (SSSR count). The molecule has 2 aromatic carbocycles. The molecule has 146 valence electrons. The highest BCUT2D eigenvalue weighted by Gasteiger charge is 2.21. The highest BCUT2D eigenvalue weighted by molar-refractivity contribution is 5.79. The topological polar surface area (TPSA) is 74.3 Å². The van der Waals surface area contributed by atoms with Gasteiger partial charge in [0.05, 0.1) is 17.6 Å². The lowest BCUT2D eigenvalue weighted by molar-refractivity contribution is 0.241.